The molecular weight excluding hydrogens is 244 g/mol. The van der Waals surface area contributed by atoms with Gasteiger partial charge in [-0.15, -0.1) is 0 Å². The Morgan fingerprint density at radius 3 is 2.84 bits per heavy atom. The molecule has 19 heavy (non-hydrogen) atoms. The van der Waals surface area contributed by atoms with Gasteiger partial charge in [-0.05, 0) is 19.1 Å². The minimum absolute atomic E-state index is 0.0128. The molecule has 1 aromatic carbocycles. The quantitative estimate of drug-likeness (QED) is 0.840. The number of para-hydroxylation sites is 1. The third-order valence-electron chi connectivity index (χ3n) is 3.03. The molecule has 1 fully saturated rings. The van der Waals surface area contributed by atoms with Crippen LogP contribution in [0.1, 0.15) is 6.92 Å². The second-order valence-corrected chi connectivity index (χ2v) is 4.86. The van der Waals surface area contributed by atoms with Gasteiger partial charge in [-0.25, -0.2) is 0 Å². The summed E-state index contributed by atoms with van der Waals surface area (Å²) < 4.78 is 5.54. The lowest BCUT2D eigenvalue weighted by molar-refractivity contribution is -0.124. The van der Waals surface area contributed by atoms with Gasteiger partial charge in [0.25, 0.3) is 0 Å². The van der Waals surface area contributed by atoms with E-state index in [2.05, 4.69) is 5.32 Å². The van der Waals surface area contributed by atoms with E-state index >= 15 is 0 Å². The fraction of sp³-hybridized carbons (Fsp3) is 0.500. The number of morpholine rings is 1. The lowest BCUT2D eigenvalue weighted by Crippen LogP contribution is -2.50. The molecule has 104 valence electrons. The van der Waals surface area contributed by atoms with Crippen LogP contribution in [0.25, 0.3) is 0 Å². The van der Waals surface area contributed by atoms with E-state index in [-0.39, 0.29) is 24.7 Å². The standard InChI is InChI=1S/C14H20N2O3/c1-11-7-16(8-13(10-17)19-11)9-14(18)15-12-5-3-2-4-6-12/h2-6,11,13,17H,7-10H2,1H3,(H,15,18). The first kappa shape index (κ1) is 14.0. The Kier molecular flexibility index (Phi) is 4.90. The normalized spacial score (nSPS) is 24.1. The third kappa shape index (κ3) is 4.31. The molecule has 5 nitrogen and oxygen atoms in total. The van der Waals surface area contributed by atoms with E-state index in [0.717, 1.165) is 5.69 Å². The number of anilines is 1. The molecule has 2 rings (SSSR count). The molecule has 1 aliphatic rings. The summed E-state index contributed by atoms with van der Waals surface area (Å²) in [6.07, 6.45) is -0.163. The summed E-state index contributed by atoms with van der Waals surface area (Å²) in [7, 11) is 0. The first-order valence-electron chi connectivity index (χ1n) is 6.51. The number of hydrogen-bond donors (Lipinski definition) is 2. The molecule has 1 heterocycles. The van der Waals surface area contributed by atoms with E-state index in [0.29, 0.717) is 19.6 Å². The summed E-state index contributed by atoms with van der Waals surface area (Å²) in [5.41, 5.74) is 0.799. The van der Waals surface area contributed by atoms with Gasteiger partial charge in [0, 0.05) is 18.8 Å². The first-order chi connectivity index (χ1) is 9.17. The molecule has 2 unspecified atom stereocenters. The van der Waals surface area contributed by atoms with Crippen molar-refractivity contribution in [1.29, 1.82) is 0 Å². The van der Waals surface area contributed by atoms with Crippen LogP contribution in [0.3, 0.4) is 0 Å². The van der Waals surface area contributed by atoms with Crippen molar-refractivity contribution in [3.63, 3.8) is 0 Å². The van der Waals surface area contributed by atoms with Crippen molar-refractivity contribution in [2.24, 2.45) is 0 Å². The zero-order chi connectivity index (χ0) is 13.7. The number of aliphatic hydroxyl groups is 1. The minimum atomic E-state index is -0.201. The minimum Gasteiger partial charge on any atom is -0.394 e. The van der Waals surface area contributed by atoms with E-state index in [1.165, 1.54) is 0 Å². The molecule has 0 spiro atoms. The Labute approximate surface area is 113 Å². The van der Waals surface area contributed by atoms with Crippen molar-refractivity contribution in [3.8, 4) is 0 Å². The monoisotopic (exact) mass is 264 g/mol. The van der Waals surface area contributed by atoms with E-state index in [1.54, 1.807) is 0 Å². The van der Waals surface area contributed by atoms with Crippen LogP contribution in [0.5, 0.6) is 0 Å². The van der Waals surface area contributed by atoms with Crippen molar-refractivity contribution in [3.05, 3.63) is 30.3 Å². The second kappa shape index (κ2) is 6.65. The molecule has 5 heteroatoms. The van der Waals surface area contributed by atoms with Crippen LogP contribution in [0, 0.1) is 0 Å². The van der Waals surface area contributed by atoms with Crippen molar-refractivity contribution in [2.45, 2.75) is 19.1 Å². The summed E-state index contributed by atoms with van der Waals surface area (Å²) in [4.78, 5) is 13.9. The van der Waals surface area contributed by atoms with E-state index in [1.807, 2.05) is 42.2 Å². The number of ether oxygens (including phenoxy) is 1. The zero-order valence-corrected chi connectivity index (χ0v) is 11.1. The highest BCUT2D eigenvalue weighted by Crippen LogP contribution is 2.11. The van der Waals surface area contributed by atoms with Crippen LogP contribution in [0.15, 0.2) is 30.3 Å². The topological polar surface area (TPSA) is 61.8 Å². The molecule has 1 amide bonds. The van der Waals surface area contributed by atoms with Crippen LogP contribution in [0.4, 0.5) is 5.69 Å². The van der Waals surface area contributed by atoms with Gasteiger partial charge in [0.15, 0.2) is 0 Å². The van der Waals surface area contributed by atoms with E-state index in [9.17, 15) is 4.79 Å². The highest BCUT2D eigenvalue weighted by atomic mass is 16.5. The number of benzene rings is 1. The molecule has 1 aliphatic heterocycles. The molecule has 0 aliphatic carbocycles. The zero-order valence-electron chi connectivity index (χ0n) is 11.1. The molecule has 1 saturated heterocycles. The van der Waals surface area contributed by atoms with Crippen LogP contribution >= 0.6 is 0 Å². The average molecular weight is 264 g/mol. The predicted molar refractivity (Wildman–Crippen MR) is 72.9 cm³/mol. The number of nitrogens with zero attached hydrogens (tertiary/aromatic N) is 1. The Morgan fingerprint density at radius 2 is 2.16 bits per heavy atom. The van der Waals surface area contributed by atoms with Crippen molar-refractivity contribution in [1.82, 2.24) is 4.90 Å². The van der Waals surface area contributed by atoms with Gasteiger partial charge in [-0.1, -0.05) is 18.2 Å². The van der Waals surface area contributed by atoms with Gasteiger partial charge in [0.05, 0.1) is 25.4 Å². The van der Waals surface area contributed by atoms with Gasteiger partial charge in [-0.3, -0.25) is 9.69 Å². The SMILES string of the molecule is CC1CN(CC(=O)Nc2ccccc2)CC(CO)O1. The number of aliphatic hydroxyl groups excluding tert-OH is 1. The van der Waals surface area contributed by atoms with E-state index < -0.39 is 0 Å². The van der Waals surface area contributed by atoms with Crippen LogP contribution < -0.4 is 5.32 Å². The smallest absolute Gasteiger partial charge is 0.238 e. The van der Waals surface area contributed by atoms with E-state index in [4.69, 9.17) is 9.84 Å². The van der Waals surface area contributed by atoms with Gasteiger partial charge in [0.1, 0.15) is 0 Å². The fourth-order valence-corrected chi connectivity index (χ4v) is 2.30. The van der Waals surface area contributed by atoms with Crippen LogP contribution in [0.2, 0.25) is 0 Å². The van der Waals surface area contributed by atoms with Crippen molar-refractivity contribution >= 4 is 11.6 Å². The Balaban J connectivity index is 1.85. The number of hydrogen-bond acceptors (Lipinski definition) is 4. The average Bonchev–Trinajstić information content (AvgIpc) is 2.38. The summed E-state index contributed by atoms with van der Waals surface area (Å²) >= 11 is 0. The molecule has 0 bridgehead atoms. The highest BCUT2D eigenvalue weighted by molar-refractivity contribution is 5.92. The number of carbonyl (C=O) groups is 1. The van der Waals surface area contributed by atoms with Gasteiger partial charge in [-0.2, -0.15) is 0 Å². The van der Waals surface area contributed by atoms with Crippen molar-refractivity contribution < 1.29 is 14.6 Å². The van der Waals surface area contributed by atoms with Gasteiger partial charge >= 0.3 is 0 Å². The maximum atomic E-state index is 11.9. The lowest BCUT2D eigenvalue weighted by atomic mass is 10.2. The largest absolute Gasteiger partial charge is 0.394 e. The molecule has 2 atom stereocenters. The summed E-state index contributed by atoms with van der Waals surface area (Å²) in [6.45, 7) is 3.55. The summed E-state index contributed by atoms with van der Waals surface area (Å²) in [5.74, 6) is -0.0445. The maximum absolute atomic E-state index is 11.9. The summed E-state index contributed by atoms with van der Waals surface area (Å²) in [6, 6.07) is 9.39. The molecule has 0 saturated carbocycles. The lowest BCUT2D eigenvalue weighted by Gasteiger charge is -2.35. The molecular formula is C14H20N2O3. The number of carbonyl (C=O) groups excluding carboxylic acids is 1. The molecule has 1 aromatic rings. The number of rotatable bonds is 4. The molecule has 2 N–H and O–H groups in total. The van der Waals surface area contributed by atoms with Gasteiger partial charge in [0.2, 0.25) is 5.91 Å². The maximum Gasteiger partial charge on any atom is 0.238 e. The molecule has 0 aromatic heterocycles. The highest BCUT2D eigenvalue weighted by Gasteiger charge is 2.25. The van der Waals surface area contributed by atoms with Crippen molar-refractivity contribution in [2.75, 3.05) is 31.6 Å². The van der Waals surface area contributed by atoms with Crippen LogP contribution in [-0.2, 0) is 9.53 Å². The predicted octanol–water partition coefficient (Wildman–Crippen LogP) is 0.707. The third-order valence-corrected chi connectivity index (χ3v) is 3.03. The molecule has 0 radical (unpaired) electrons. The number of amides is 1. The summed E-state index contributed by atoms with van der Waals surface area (Å²) in [5, 5.41) is 12.0. The fourth-order valence-electron chi connectivity index (χ4n) is 2.30. The van der Waals surface area contributed by atoms with Gasteiger partial charge < -0.3 is 15.2 Å². The van der Waals surface area contributed by atoms with Crippen LogP contribution in [-0.4, -0.2) is 54.4 Å². The number of nitrogens with one attached hydrogen (secondary N) is 1. The Bertz CT molecular complexity index is 410. The Morgan fingerprint density at radius 1 is 1.42 bits per heavy atom. The Hall–Kier alpha value is -1.43. The first-order valence-corrected chi connectivity index (χ1v) is 6.51. The second-order valence-electron chi connectivity index (χ2n) is 4.86.